The lowest BCUT2D eigenvalue weighted by molar-refractivity contribution is -0.0569. The van der Waals surface area contributed by atoms with Gasteiger partial charge in [0.15, 0.2) is 0 Å². The van der Waals surface area contributed by atoms with E-state index >= 15 is 0 Å². The largest absolute Gasteiger partial charge is 0.497 e. The second-order valence-corrected chi connectivity index (χ2v) is 7.01. The molecule has 1 N–H and O–H groups in total. The summed E-state index contributed by atoms with van der Waals surface area (Å²) in [4.78, 5) is 2.35. The Morgan fingerprint density at radius 3 is 2.82 bits per heavy atom. The third-order valence-corrected chi connectivity index (χ3v) is 4.00. The fourth-order valence-electron chi connectivity index (χ4n) is 2.94. The van der Waals surface area contributed by atoms with Gasteiger partial charge in [0.25, 0.3) is 0 Å². The summed E-state index contributed by atoms with van der Waals surface area (Å²) in [5.41, 5.74) is 1.05. The quantitative estimate of drug-likeness (QED) is 0.877. The van der Waals surface area contributed by atoms with Crippen molar-refractivity contribution in [2.75, 3.05) is 26.8 Å². The highest BCUT2D eigenvalue weighted by molar-refractivity contribution is 5.31. The van der Waals surface area contributed by atoms with E-state index in [1.165, 1.54) is 5.56 Å². The van der Waals surface area contributed by atoms with E-state index in [1.54, 1.807) is 7.11 Å². The van der Waals surface area contributed by atoms with Crippen molar-refractivity contribution in [1.82, 2.24) is 4.90 Å². The molecule has 0 aliphatic carbocycles. The van der Waals surface area contributed by atoms with Crippen LogP contribution in [0.2, 0.25) is 0 Å². The maximum Gasteiger partial charge on any atom is 0.119 e. The van der Waals surface area contributed by atoms with Gasteiger partial charge in [0.2, 0.25) is 0 Å². The Kier molecular flexibility index (Phi) is 5.84. The van der Waals surface area contributed by atoms with Gasteiger partial charge in [0, 0.05) is 12.6 Å². The Labute approximate surface area is 134 Å². The molecular formula is C18H29NO3. The van der Waals surface area contributed by atoms with Gasteiger partial charge in [-0.05, 0) is 57.9 Å². The summed E-state index contributed by atoms with van der Waals surface area (Å²) in [5.74, 6) is 0.890. The van der Waals surface area contributed by atoms with Crippen molar-refractivity contribution in [2.45, 2.75) is 51.4 Å². The first-order chi connectivity index (χ1) is 10.4. The molecule has 1 aromatic carbocycles. The second kappa shape index (κ2) is 7.44. The number of rotatable bonds is 6. The van der Waals surface area contributed by atoms with Crippen LogP contribution in [0.3, 0.4) is 0 Å². The van der Waals surface area contributed by atoms with Crippen LogP contribution >= 0.6 is 0 Å². The molecule has 2 unspecified atom stereocenters. The molecule has 2 rings (SSSR count). The fraction of sp³-hybridized carbons (Fsp3) is 0.667. The van der Waals surface area contributed by atoms with Crippen LogP contribution in [0.4, 0.5) is 0 Å². The Morgan fingerprint density at radius 1 is 1.36 bits per heavy atom. The molecule has 1 heterocycles. The lowest BCUT2D eigenvalue weighted by atomic mass is 10.0. The average Bonchev–Trinajstić information content (AvgIpc) is 2.92. The van der Waals surface area contributed by atoms with E-state index in [4.69, 9.17) is 9.47 Å². The summed E-state index contributed by atoms with van der Waals surface area (Å²) in [6.45, 7) is 8.08. The number of hydrogen-bond acceptors (Lipinski definition) is 4. The molecule has 0 spiro atoms. The molecule has 4 heteroatoms. The maximum absolute atomic E-state index is 10.2. The van der Waals surface area contributed by atoms with Crippen molar-refractivity contribution in [3.63, 3.8) is 0 Å². The highest BCUT2D eigenvalue weighted by atomic mass is 16.5. The molecule has 2 atom stereocenters. The third kappa shape index (κ3) is 4.97. The Morgan fingerprint density at radius 2 is 2.14 bits per heavy atom. The number of methoxy groups -OCH3 is 1. The summed E-state index contributed by atoms with van der Waals surface area (Å²) >= 11 is 0. The minimum atomic E-state index is -0.453. The molecule has 1 fully saturated rings. The molecule has 1 saturated heterocycles. The highest BCUT2D eigenvalue weighted by Gasteiger charge is 2.28. The lowest BCUT2D eigenvalue weighted by Gasteiger charge is -2.29. The van der Waals surface area contributed by atoms with Crippen molar-refractivity contribution in [2.24, 2.45) is 0 Å². The van der Waals surface area contributed by atoms with E-state index in [2.05, 4.69) is 17.0 Å². The maximum atomic E-state index is 10.2. The predicted molar refractivity (Wildman–Crippen MR) is 88.3 cm³/mol. The van der Waals surface area contributed by atoms with E-state index < -0.39 is 6.10 Å². The summed E-state index contributed by atoms with van der Waals surface area (Å²) < 4.78 is 11.0. The zero-order valence-electron chi connectivity index (χ0n) is 14.2. The molecule has 1 aromatic rings. The van der Waals surface area contributed by atoms with Gasteiger partial charge in [-0.25, -0.2) is 0 Å². The molecule has 0 amide bonds. The van der Waals surface area contributed by atoms with Gasteiger partial charge >= 0.3 is 0 Å². The van der Waals surface area contributed by atoms with Crippen LogP contribution < -0.4 is 4.74 Å². The first-order valence-electron chi connectivity index (χ1n) is 8.09. The Hall–Kier alpha value is -1.10. The van der Waals surface area contributed by atoms with Gasteiger partial charge in [0.1, 0.15) is 5.75 Å². The van der Waals surface area contributed by atoms with E-state index in [1.807, 2.05) is 32.9 Å². The SMILES string of the molecule is COc1cccc(C2CCCN2CC(O)COC(C)(C)C)c1. The normalized spacial score (nSPS) is 21.0. The van der Waals surface area contributed by atoms with Gasteiger partial charge in [-0.3, -0.25) is 4.90 Å². The zero-order chi connectivity index (χ0) is 16.2. The lowest BCUT2D eigenvalue weighted by Crippen LogP contribution is -2.36. The van der Waals surface area contributed by atoms with Crippen molar-refractivity contribution in [1.29, 1.82) is 0 Å². The van der Waals surface area contributed by atoms with Crippen molar-refractivity contribution in [3.05, 3.63) is 29.8 Å². The first kappa shape index (κ1) is 17.3. The molecule has 1 aliphatic heterocycles. The van der Waals surface area contributed by atoms with E-state index in [-0.39, 0.29) is 5.60 Å². The van der Waals surface area contributed by atoms with Gasteiger partial charge in [0.05, 0.1) is 25.4 Å². The first-order valence-corrected chi connectivity index (χ1v) is 8.09. The number of aliphatic hydroxyl groups is 1. The third-order valence-electron chi connectivity index (χ3n) is 4.00. The highest BCUT2D eigenvalue weighted by Crippen LogP contribution is 2.33. The van der Waals surface area contributed by atoms with Crippen LogP contribution in [-0.4, -0.2) is 48.5 Å². The number of β-amino-alcohol motifs (C(OH)–C–C–N with tert-alkyl or cyclic N) is 1. The van der Waals surface area contributed by atoms with Gasteiger partial charge in [-0.2, -0.15) is 0 Å². The number of nitrogens with zero attached hydrogens (tertiary/aromatic N) is 1. The van der Waals surface area contributed by atoms with E-state index in [0.29, 0.717) is 19.2 Å². The standard InChI is InChI=1S/C18H29NO3/c1-18(2,3)22-13-15(20)12-19-10-6-9-17(19)14-7-5-8-16(11-14)21-4/h5,7-8,11,15,17,20H,6,9-10,12-13H2,1-4H3. The Bertz CT molecular complexity index is 470. The van der Waals surface area contributed by atoms with Crippen LogP contribution in [0, 0.1) is 0 Å². The number of aliphatic hydroxyl groups excluding tert-OH is 1. The Balaban J connectivity index is 1.95. The van der Waals surface area contributed by atoms with Gasteiger partial charge in [-0.15, -0.1) is 0 Å². The van der Waals surface area contributed by atoms with E-state index in [0.717, 1.165) is 25.1 Å². The fourth-order valence-corrected chi connectivity index (χ4v) is 2.94. The topological polar surface area (TPSA) is 41.9 Å². The smallest absolute Gasteiger partial charge is 0.119 e. The van der Waals surface area contributed by atoms with Crippen LogP contribution in [0.15, 0.2) is 24.3 Å². The molecule has 22 heavy (non-hydrogen) atoms. The predicted octanol–water partition coefficient (Wildman–Crippen LogP) is 3.01. The van der Waals surface area contributed by atoms with Crippen molar-refractivity contribution in [3.8, 4) is 5.75 Å². The number of benzene rings is 1. The van der Waals surface area contributed by atoms with Crippen LogP contribution in [0.5, 0.6) is 5.75 Å². The molecule has 0 radical (unpaired) electrons. The number of hydrogen-bond donors (Lipinski definition) is 1. The monoisotopic (exact) mass is 307 g/mol. The molecule has 1 aliphatic rings. The minimum absolute atomic E-state index is 0.210. The summed E-state index contributed by atoms with van der Waals surface area (Å²) in [6, 6.07) is 8.60. The van der Waals surface area contributed by atoms with Gasteiger partial charge < -0.3 is 14.6 Å². The minimum Gasteiger partial charge on any atom is -0.497 e. The van der Waals surface area contributed by atoms with Crippen LogP contribution in [0.1, 0.15) is 45.2 Å². The molecule has 0 aromatic heterocycles. The summed E-state index contributed by atoms with van der Waals surface area (Å²) in [6.07, 6.45) is 1.83. The molecular weight excluding hydrogens is 278 g/mol. The van der Waals surface area contributed by atoms with Crippen LogP contribution in [-0.2, 0) is 4.74 Å². The van der Waals surface area contributed by atoms with Gasteiger partial charge in [-0.1, -0.05) is 12.1 Å². The average molecular weight is 307 g/mol. The van der Waals surface area contributed by atoms with E-state index in [9.17, 15) is 5.11 Å². The zero-order valence-corrected chi connectivity index (χ0v) is 14.2. The number of ether oxygens (including phenoxy) is 2. The molecule has 0 saturated carbocycles. The molecule has 124 valence electrons. The van der Waals surface area contributed by atoms with Crippen molar-refractivity contribution >= 4 is 0 Å². The molecule has 4 nitrogen and oxygen atoms in total. The number of likely N-dealkylation sites (tertiary alicyclic amines) is 1. The second-order valence-electron chi connectivity index (χ2n) is 7.01. The summed E-state index contributed by atoms with van der Waals surface area (Å²) in [5, 5.41) is 10.2. The van der Waals surface area contributed by atoms with Crippen LogP contribution in [0.25, 0.3) is 0 Å². The van der Waals surface area contributed by atoms with Crippen molar-refractivity contribution < 1.29 is 14.6 Å². The summed E-state index contributed by atoms with van der Waals surface area (Å²) in [7, 11) is 1.69. The molecule has 0 bridgehead atoms.